The van der Waals surface area contributed by atoms with Crippen LogP contribution in [0.1, 0.15) is 18.5 Å². The average Bonchev–Trinajstić information content (AvgIpc) is 2.51. The van der Waals surface area contributed by atoms with Crippen molar-refractivity contribution >= 4 is 5.97 Å². The molecule has 1 aromatic carbocycles. The lowest BCUT2D eigenvalue weighted by Crippen LogP contribution is -2.32. The molecule has 0 saturated heterocycles. The SMILES string of the molecule is CCOC(=O)C(NCCOC)c1ccc(OC)c(OC)c1. The summed E-state index contributed by atoms with van der Waals surface area (Å²) in [6.45, 7) is 3.14. The van der Waals surface area contributed by atoms with Crippen molar-refractivity contribution in [3.05, 3.63) is 23.8 Å². The van der Waals surface area contributed by atoms with Crippen LogP contribution in [0, 0.1) is 0 Å². The fourth-order valence-corrected chi connectivity index (χ4v) is 1.90. The first-order valence-corrected chi connectivity index (χ1v) is 6.78. The van der Waals surface area contributed by atoms with Gasteiger partial charge in [0, 0.05) is 13.7 Å². The zero-order chi connectivity index (χ0) is 15.7. The van der Waals surface area contributed by atoms with Crippen LogP contribution in [-0.4, -0.2) is 47.1 Å². The van der Waals surface area contributed by atoms with Gasteiger partial charge in [0.2, 0.25) is 0 Å². The van der Waals surface area contributed by atoms with Gasteiger partial charge in [-0.2, -0.15) is 0 Å². The second-order valence-electron chi connectivity index (χ2n) is 4.25. The van der Waals surface area contributed by atoms with E-state index in [0.29, 0.717) is 31.3 Å². The zero-order valence-corrected chi connectivity index (χ0v) is 13.0. The number of hydrogen-bond donors (Lipinski definition) is 1. The molecule has 6 heteroatoms. The molecule has 1 unspecified atom stereocenters. The summed E-state index contributed by atoms with van der Waals surface area (Å²) in [5.41, 5.74) is 0.752. The van der Waals surface area contributed by atoms with Crippen molar-refractivity contribution in [3.63, 3.8) is 0 Å². The summed E-state index contributed by atoms with van der Waals surface area (Å²) < 4.78 is 20.6. The molecule has 1 N–H and O–H groups in total. The smallest absolute Gasteiger partial charge is 0.327 e. The molecular formula is C15H23NO5. The van der Waals surface area contributed by atoms with E-state index >= 15 is 0 Å². The van der Waals surface area contributed by atoms with Gasteiger partial charge < -0.3 is 18.9 Å². The maximum Gasteiger partial charge on any atom is 0.327 e. The number of esters is 1. The molecule has 1 rings (SSSR count). The zero-order valence-electron chi connectivity index (χ0n) is 13.0. The Morgan fingerprint density at radius 1 is 1.19 bits per heavy atom. The van der Waals surface area contributed by atoms with Gasteiger partial charge in [0.15, 0.2) is 11.5 Å². The molecule has 0 bridgehead atoms. The fourth-order valence-electron chi connectivity index (χ4n) is 1.90. The van der Waals surface area contributed by atoms with E-state index in [1.54, 1.807) is 40.4 Å². The molecule has 0 saturated carbocycles. The van der Waals surface area contributed by atoms with Crippen LogP contribution in [-0.2, 0) is 14.3 Å². The summed E-state index contributed by atoms with van der Waals surface area (Å²) in [5.74, 6) is 0.847. The number of carbonyl (C=O) groups is 1. The summed E-state index contributed by atoms with van der Waals surface area (Å²) in [6.07, 6.45) is 0. The van der Waals surface area contributed by atoms with E-state index in [0.717, 1.165) is 5.56 Å². The van der Waals surface area contributed by atoms with Gasteiger partial charge in [-0.15, -0.1) is 0 Å². The molecule has 0 spiro atoms. The molecule has 1 aromatic rings. The fraction of sp³-hybridized carbons (Fsp3) is 0.533. The third-order valence-electron chi connectivity index (χ3n) is 2.92. The lowest BCUT2D eigenvalue weighted by molar-refractivity contribution is -0.145. The van der Waals surface area contributed by atoms with E-state index in [1.165, 1.54) is 0 Å². The minimum atomic E-state index is -0.570. The van der Waals surface area contributed by atoms with Crippen molar-refractivity contribution in [1.82, 2.24) is 5.32 Å². The lowest BCUT2D eigenvalue weighted by atomic mass is 10.1. The molecule has 21 heavy (non-hydrogen) atoms. The van der Waals surface area contributed by atoms with Crippen LogP contribution in [0.3, 0.4) is 0 Å². The van der Waals surface area contributed by atoms with E-state index in [1.807, 2.05) is 6.07 Å². The van der Waals surface area contributed by atoms with Gasteiger partial charge in [-0.3, -0.25) is 5.32 Å². The third kappa shape index (κ3) is 4.91. The quantitative estimate of drug-likeness (QED) is 0.551. The summed E-state index contributed by atoms with van der Waals surface area (Å²) in [5, 5.41) is 3.11. The molecule has 1 atom stereocenters. The Kier molecular flexibility index (Phi) is 7.56. The molecule has 0 amide bonds. The molecule has 0 aliphatic rings. The Bertz CT molecular complexity index is 450. The summed E-state index contributed by atoms with van der Waals surface area (Å²) in [7, 11) is 4.73. The minimum Gasteiger partial charge on any atom is -0.493 e. The molecule has 0 radical (unpaired) electrons. The highest BCUT2D eigenvalue weighted by molar-refractivity contribution is 5.78. The van der Waals surface area contributed by atoms with Crippen LogP contribution in [0.2, 0.25) is 0 Å². The minimum absolute atomic E-state index is 0.328. The Balaban J connectivity index is 2.98. The maximum atomic E-state index is 12.1. The maximum absolute atomic E-state index is 12.1. The Labute approximate surface area is 125 Å². The van der Waals surface area contributed by atoms with E-state index < -0.39 is 6.04 Å². The normalized spacial score (nSPS) is 11.8. The van der Waals surface area contributed by atoms with Crippen LogP contribution in [0.5, 0.6) is 11.5 Å². The first-order valence-electron chi connectivity index (χ1n) is 6.78. The predicted molar refractivity (Wildman–Crippen MR) is 78.8 cm³/mol. The van der Waals surface area contributed by atoms with Crippen molar-refractivity contribution in [3.8, 4) is 11.5 Å². The van der Waals surface area contributed by atoms with Gasteiger partial charge in [-0.1, -0.05) is 6.07 Å². The van der Waals surface area contributed by atoms with Gasteiger partial charge in [0.1, 0.15) is 6.04 Å². The molecule has 0 aliphatic carbocycles. The van der Waals surface area contributed by atoms with Crippen LogP contribution in [0.15, 0.2) is 18.2 Å². The van der Waals surface area contributed by atoms with Crippen molar-refractivity contribution in [2.45, 2.75) is 13.0 Å². The summed E-state index contributed by atoms with van der Waals surface area (Å²) in [6, 6.07) is 4.77. The van der Waals surface area contributed by atoms with E-state index in [-0.39, 0.29) is 5.97 Å². The van der Waals surface area contributed by atoms with E-state index in [4.69, 9.17) is 18.9 Å². The number of nitrogens with one attached hydrogen (secondary N) is 1. The highest BCUT2D eigenvalue weighted by Crippen LogP contribution is 2.30. The molecule has 6 nitrogen and oxygen atoms in total. The van der Waals surface area contributed by atoms with Crippen molar-refractivity contribution in [2.24, 2.45) is 0 Å². The number of rotatable bonds is 9. The number of methoxy groups -OCH3 is 3. The van der Waals surface area contributed by atoms with Crippen molar-refractivity contribution in [2.75, 3.05) is 41.1 Å². The van der Waals surface area contributed by atoms with Crippen LogP contribution in [0.4, 0.5) is 0 Å². The van der Waals surface area contributed by atoms with E-state index in [2.05, 4.69) is 5.32 Å². The third-order valence-corrected chi connectivity index (χ3v) is 2.92. The van der Waals surface area contributed by atoms with Gasteiger partial charge in [-0.25, -0.2) is 4.79 Å². The van der Waals surface area contributed by atoms with Gasteiger partial charge in [0.05, 0.1) is 27.4 Å². The lowest BCUT2D eigenvalue weighted by Gasteiger charge is -2.19. The number of carbonyl (C=O) groups excluding carboxylic acids is 1. The van der Waals surface area contributed by atoms with Crippen molar-refractivity contribution < 1.29 is 23.7 Å². The number of hydrogen-bond acceptors (Lipinski definition) is 6. The Hall–Kier alpha value is -1.79. The summed E-state index contributed by atoms with van der Waals surface area (Å²) in [4.78, 5) is 12.1. The summed E-state index contributed by atoms with van der Waals surface area (Å²) >= 11 is 0. The number of ether oxygens (including phenoxy) is 4. The van der Waals surface area contributed by atoms with Gasteiger partial charge in [-0.05, 0) is 24.6 Å². The monoisotopic (exact) mass is 297 g/mol. The van der Waals surface area contributed by atoms with Gasteiger partial charge >= 0.3 is 5.97 Å². The Morgan fingerprint density at radius 2 is 1.90 bits per heavy atom. The topological polar surface area (TPSA) is 66.0 Å². The van der Waals surface area contributed by atoms with Crippen LogP contribution in [0.25, 0.3) is 0 Å². The average molecular weight is 297 g/mol. The van der Waals surface area contributed by atoms with Crippen LogP contribution >= 0.6 is 0 Å². The Morgan fingerprint density at radius 3 is 2.48 bits per heavy atom. The predicted octanol–water partition coefficient (Wildman–Crippen LogP) is 1.54. The molecule has 118 valence electrons. The van der Waals surface area contributed by atoms with E-state index in [9.17, 15) is 4.79 Å². The molecule has 0 fully saturated rings. The molecule has 0 aliphatic heterocycles. The largest absolute Gasteiger partial charge is 0.493 e. The van der Waals surface area contributed by atoms with Crippen molar-refractivity contribution in [1.29, 1.82) is 0 Å². The van der Waals surface area contributed by atoms with Crippen LogP contribution < -0.4 is 14.8 Å². The molecular weight excluding hydrogens is 274 g/mol. The van der Waals surface area contributed by atoms with Gasteiger partial charge in [0.25, 0.3) is 0 Å². The second kappa shape index (κ2) is 9.20. The second-order valence-corrected chi connectivity index (χ2v) is 4.25. The molecule has 0 aromatic heterocycles. The first kappa shape index (κ1) is 17.3. The molecule has 0 heterocycles. The highest BCUT2D eigenvalue weighted by Gasteiger charge is 2.22. The standard InChI is InChI=1S/C15H23NO5/c1-5-21-15(17)14(16-8-9-18-2)11-6-7-12(19-3)13(10-11)20-4/h6-7,10,14,16H,5,8-9H2,1-4H3. The first-order chi connectivity index (χ1) is 10.2. The highest BCUT2D eigenvalue weighted by atomic mass is 16.5. The number of benzene rings is 1.